The van der Waals surface area contributed by atoms with Gasteiger partial charge in [-0.1, -0.05) is 25.1 Å². The van der Waals surface area contributed by atoms with Crippen LogP contribution in [-0.4, -0.2) is 19.1 Å². The van der Waals surface area contributed by atoms with E-state index in [-0.39, 0.29) is 0 Å². The molecule has 0 radical (unpaired) electrons. The molecule has 0 saturated carbocycles. The molecule has 0 aromatic heterocycles. The maximum atomic E-state index is 5.73. The van der Waals surface area contributed by atoms with Crippen LogP contribution in [0, 0.1) is 5.92 Å². The second-order valence-corrected chi connectivity index (χ2v) is 5.01. The molecule has 0 bridgehead atoms. The van der Waals surface area contributed by atoms with Crippen LogP contribution in [0.15, 0.2) is 24.3 Å². The minimum Gasteiger partial charge on any atom is -0.368 e. The Morgan fingerprint density at radius 2 is 2.19 bits per heavy atom. The molecule has 0 aliphatic carbocycles. The van der Waals surface area contributed by atoms with Crippen LogP contribution in [0.25, 0.3) is 0 Å². The van der Waals surface area contributed by atoms with Crippen molar-refractivity contribution in [3.05, 3.63) is 29.8 Å². The van der Waals surface area contributed by atoms with E-state index in [4.69, 9.17) is 5.73 Å². The molecule has 1 aromatic rings. The maximum Gasteiger partial charge on any atom is 0.0401 e. The summed E-state index contributed by atoms with van der Waals surface area (Å²) in [6.45, 7) is 6.39. The van der Waals surface area contributed by atoms with Gasteiger partial charge in [-0.2, -0.15) is 0 Å². The quantitative estimate of drug-likeness (QED) is 0.844. The molecule has 88 valence electrons. The monoisotopic (exact) mass is 218 g/mol. The maximum absolute atomic E-state index is 5.73. The third-order valence-corrected chi connectivity index (χ3v) is 3.58. The second kappa shape index (κ2) is 4.88. The molecule has 16 heavy (non-hydrogen) atoms. The number of hydrogen-bond acceptors (Lipinski definition) is 2. The summed E-state index contributed by atoms with van der Waals surface area (Å²) < 4.78 is 0. The van der Waals surface area contributed by atoms with Gasteiger partial charge < -0.3 is 10.6 Å². The molecule has 1 aliphatic rings. The van der Waals surface area contributed by atoms with E-state index in [2.05, 4.69) is 43.0 Å². The molecule has 2 heteroatoms. The third kappa shape index (κ3) is 2.22. The fraction of sp³-hybridized carbons (Fsp3) is 0.571. The van der Waals surface area contributed by atoms with Crippen molar-refractivity contribution in [1.82, 2.24) is 0 Å². The highest BCUT2D eigenvalue weighted by Crippen LogP contribution is 2.30. The van der Waals surface area contributed by atoms with Crippen molar-refractivity contribution in [1.29, 1.82) is 0 Å². The molecule has 1 heterocycles. The molecule has 1 aromatic carbocycles. The molecule has 2 rings (SSSR count). The summed E-state index contributed by atoms with van der Waals surface area (Å²) in [6.07, 6.45) is 2.47. The van der Waals surface area contributed by atoms with Gasteiger partial charge >= 0.3 is 0 Å². The van der Waals surface area contributed by atoms with Crippen molar-refractivity contribution in [3.8, 4) is 0 Å². The number of para-hydroxylation sites is 1. The lowest BCUT2D eigenvalue weighted by molar-refractivity contribution is 0.495. The molecule has 2 unspecified atom stereocenters. The van der Waals surface area contributed by atoms with Gasteiger partial charge in [0, 0.05) is 18.3 Å². The number of anilines is 1. The number of nitrogens with two attached hydrogens (primary N) is 1. The first kappa shape index (κ1) is 11.5. The zero-order chi connectivity index (χ0) is 11.5. The van der Waals surface area contributed by atoms with Crippen molar-refractivity contribution in [2.75, 3.05) is 18.0 Å². The van der Waals surface area contributed by atoms with Crippen LogP contribution in [-0.2, 0) is 6.42 Å². The Morgan fingerprint density at radius 3 is 2.94 bits per heavy atom. The Kier molecular flexibility index (Phi) is 3.49. The number of nitrogens with zero attached hydrogens (tertiary/aromatic N) is 1. The normalized spacial score (nSPS) is 21.7. The number of aryl methyl sites for hydroxylation is 1. The van der Waals surface area contributed by atoms with Crippen molar-refractivity contribution < 1.29 is 0 Å². The molecule has 1 aliphatic heterocycles. The highest BCUT2D eigenvalue weighted by Gasteiger charge is 2.23. The van der Waals surface area contributed by atoms with Crippen molar-refractivity contribution >= 4 is 5.69 Å². The first-order valence-electron chi connectivity index (χ1n) is 6.27. The molecule has 0 fully saturated rings. The Labute approximate surface area is 98.4 Å². The number of fused-ring (bicyclic) bond motifs is 1. The Bertz CT molecular complexity index is 348. The summed E-state index contributed by atoms with van der Waals surface area (Å²) in [5, 5.41) is 0. The fourth-order valence-electron chi connectivity index (χ4n) is 2.45. The Hall–Kier alpha value is -1.02. The zero-order valence-electron chi connectivity index (χ0n) is 10.3. The van der Waals surface area contributed by atoms with Gasteiger partial charge in [0.05, 0.1) is 0 Å². The van der Waals surface area contributed by atoms with E-state index in [0.29, 0.717) is 12.0 Å². The zero-order valence-corrected chi connectivity index (χ0v) is 10.3. The topological polar surface area (TPSA) is 29.3 Å². The van der Waals surface area contributed by atoms with E-state index in [1.54, 1.807) is 0 Å². The highest BCUT2D eigenvalue weighted by atomic mass is 15.2. The van der Waals surface area contributed by atoms with Crippen LogP contribution in [0.5, 0.6) is 0 Å². The molecule has 2 N–H and O–H groups in total. The molecule has 2 atom stereocenters. The van der Waals surface area contributed by atoms with E-state index < -0.39 is 0 Å². The predicted octanol–water partition coefficient (Wildman–Crippen LogP) is 2.42. The predicted molar refractivity (Wildman–Crippen MR) is 69.8 cm³/mol. The summed E-state index contributed by atoms with van der Waals surface area (Å²) in [6, 6.07) is 9.41. The lowest BCUT2D eigenvalue weighted by Crippen LogP contribution is -2.41. The SMILES string of the molecule is CC(CN)CN1c2ccccc2CCC1C. The van der Waals surface area contributed by atoms with E-state index in [0.717, 1.165) is 13.1 Å². The molecule has 2 nitrogen and oxygen atoms in total. The van der Waals surface area contributed by atoms with Crippen LogP contribution in [0.2, 0.25) is 0 Å². The van der Waals surface area contributed by atoms with Crippen LogP contribution in [0.3, 0.4) is 0 Å². The molecular formula is C14H22N2. The largest absolute Gasteiger partial charge is 0.368 e. The summed E-state index contributed by atoms with van der Waals surface area (Å²) in [5.41, 5.74) is 8.64. The van der Waals surface area contributed by atoms with Crippen molar-refractivity contribution in [2.24, 2.45) is 11.7 Å². The number of hydrogen-bond donors (Lipinski definition) is 1. The van der Waals surface area contributed by atoms with E-state index in [9.17, 15) is 0 Å². The van der Waals surface area contributed by atoms with Crippen LogP contribution in [0.4, 0.5) is 5.69 Å². The van der Waals surface area contributed by atoms with Crippen LogP contribution in [0.1, 0.15) is 25.8 Å². The number of rotatable bonds is 3. The molecular weight excluding hydrogens is 196 g/mol. The van der Waals surface area contributed by atoms with Gasteiger partial charge in [-0.05, 0) is 43.9 Å². The smallest absolute Gasteiger partial charge is 0.0401 e. The van der Waals surface area contributed by atoms with Gasteiger partial charge in [-0.3, -0.25) is 0 Å². The van der Waals surface area contributed by atoms with E-state index in [1.807, 2.05) is 0 Å². The van der Waals surface area contributed by atoms with E-state index >= 15 is 0 Å². The summed E-state index contributed by atoms with van der Waals surface area (Å²) in [4.78, 5) is 2.52. The standard InChI is InChI=1S/C14H22N2/c1-11(9-15)10-16-12(2)7-8-13-5-3-4-6-14(13)16/h3-6,11-12H,7-10,15H2,1-2H3. The van der Waals surface area contributed by atoms with Gasteiger partial charge in [0.15, 0.2) is 0 Å². The summed E-state index contributed by atoms with van der Waals surface area (Å²) in [5.74, 6) is 0.564. The lowest BCUT2D eigenvalue weighted by atomic mass is 9.95. The fourth-order valence-corrected chi connectivity index (χ4v) is 2.45. The molecule has 0 saturated heterocycles. The number of benzene rings is 1. The van der Waals surface area contributed by atoms with Crippen molar-refractivity contribution in [3.63, 3.8) is 0 Å². The average molecular weight is 218 g/mol. The average Bonchev–Trinajstić information content (AvgIpc) is 2.32. The van der Waals surface area contributed by atoms with Crippen LogP contribution < -0.4 is 10.6 Å². The minimum absolute atomic E-state index is 0.564. The Balaban J connectivity index is 2.22. The van der Waals surface area contributed by atoms with Gasteiger partial charge in [0.2, 0.25) is 0 Å². The van der Waals surface area contributed by atoms with E-state index in [1.165, 1.54) is 24.1 Å². The third-order valence-electron chi connectivity index (χ3n) is 3.58. The van der Waals surface area contributed by atoms with Crippen LogP contribution >= 0.6 is 0 Å². The lowest BCUT2D eigenvalue weighted by Gasteiger charge is -2.38. The van der Waals surface area contributed by atoms with Gasteiger partial charge in [-0.15, -0.1) is 0 Å². The summed E-state index contributed by atoms with van der Waals surface area (Å²) in [7, 11) is 0. The first-order chi connectivity index (χ1) is 7.72. The Morgan fingerprint density at radius 1 is 1.44 bits per heavy atom. The van der Waals surface area contributed by atoms with Gasteiger partial charge in [-0.25, -0.2) is 0 Å². The summed E-state index contributed by atoms with van der Waals surface area (Å²) >= 11 is 0. The van der Waals surface area contributed by atoms with Crippen molar-refractivity contribution in [2.45, 2.75) is 32.7 Å². The minimum atomic E-state index is 0.564. The second-order valence-electron chi connectivity index (χ2n) is 5.01. The van der Waals surface area contributed by atoms with Gasteiger partial charge in [0.1, 0.15) is 0 Å². The molecule has 0 amide bonds. The molecule has 0 spiro atoms. The highest BCUT2D eigenvalue weighted by molar-refractivity contribution is 5.56. The van der Waals surface area contributed by atoms with Gasteiger partial charge in [0.25, 0.3) is 0 Å². The first-order valence-corrected chi connectivity index (χ1v) is 6.27.